The van der Waals surface area contributed by atoms with Crippen molar-refractivity contribution in [2.75, 3.05) is 0 Å². The fraction of sp³-hybridized carbons (Fsp3) is 0.0769. The van der Waals surface area contributed by atoms with Gasteiger partial charge >= 0.3 is 5.97 Å². The Kier molecular flexibility index (Phi) is 2.93. The minimum atomic E-state index is -0.949. The summed E-state index contributed by atoms with van der Waals surface area (Å²) in [7, 11) is 0. The van der Waals surface area contributed by atoms with Crippen LogP contribution in [-0.4, -0.2) is 16.1 Å². The molecule has 84 valence electrons. The molecule has 4 nitrogen and oxygen atoms in total. The van der Waals surface area contributed by atoms with Gasteiger partial charge in [0.15, 0.2) is 0 Å². The molecule has 0 unspecified atom stereocenters. The van der Waals surface area contributed by atoms with Gasteiger partial charge in [0.25, 0.3) is 0 Å². The molecule has 17 heavy (non-hydrogen) atoms. The zero-order valence-corrected chi connectivity index (χ0v) is 8.86. The van der Waals surface area contributed by atoms with E-state index < -0.39 is 5.97 Å². The average molecular weight is 227 g/mol. The van der Waals surface area contributed by atoms with E-state index in [0.29, 0.717) is 5.56 Å². The van der Waals surface area contributed by atoms with E-state index in [1.807, 2.05) is 6.07 Å². The Labute approximate surface area is 96.9 Å². The number of carboxylic acid groups (broad SMARTS) is 1. The average Bonchev–Trinajstić information content (AvgIpc) is 2.28. The predicted molar refractivity (Wildman–Crippen MR) is 63.7 cm³/mol. The van der Waals surface area contributed by atoms with Gasteiger partial charge in [0, 0.05) is 17.8 Å². The highest BCUT2D eigenvalue weighted by Crippen LogP contribution is 2.12. The molecule has 0 bridgehead atoms. The number of aliphatic carboxylic acids is 1. The summed E-state index contributed by atoms with van der Waals surface area (Å²) >= 11 is 0. The lowest BCUT2D eigenvalue weighted by Gasteiger charge is -1.96. The van der Waals surface area contributed by atoms with Crippen molar-refractivity contribution in [3.63, 3.8) is 0 Å². The quantitative estimate of drug-likeness (QED) is 0.722. The molecule has 0 saturated carbocycles. The number of fused-ring (bicyclic) bond motifs is 1. The molecule has 0 fully saturated rings. The Hall–Kier alpha value is -2.54. The third-order valence-electron chi connectivity index (χ3n) is 2.22. The summed E-state index contributed by atoms with van der Waals surface area (Å²) in [6, 6.07) is 6.86. The first-order chi connectivity index (χ1) is 8.15. The third-order valence-corrected chi connectivity index (χ3v) is 2.22. The Morgan fingerprint density at radius 2 is 2.12 bits per heavy atom. The van der Waals surface area contributed by atoms with Crippen molar-refractivity contribution < 1.29 is 9.90 Å². The topological polar surface area (TPSA) is 70.2 Å². The molecule has 1 aromatic carbocycles. The van der Waals surface area contributed by atoms with E-state index in [0.717, 1.165) is 10.8 Å². The zero-order chi connectivity index (χ0) is 12.3. The summed E-state index contributed by atoms with van der Waals surface area (Å²) in [4.78, 5) is 24.0. The summed E-state index contributed by atoms with van der Waals surface area (Å²) in [5, 5.41) is 10.2. The molecule has 0 spiro atoms. The van der Waals surface area contributed by atoms with Crippen LogP contribution in [0.1, 0.15) is 12.0 Å². The van der Waals surface area contributed by atoms with E-state index in [2.05, 4.69) is 16.8 Å². The van der Waals surface area contributed by atoms with Gasteiger partial charge in [-0.2, -0.15) is 0 Å². The monoisotopic (exact) mass is 227 g/mol. The van der Waals surface area contributed by atoms with E-state index in [9.17, 15) is 9.59 Å². The highest BCUT2D eigenvalue weighted by atomic mass is 16.4. The number of H-pyrrole nitrogens is 1. The molecule has 0 aliphatic carbocycles. The molecule has 0 aliphatic rings. The smallest absolute Gasteiger partial charge is 0.315 e. The lowest BCUT2D eigenvalue weighted by atomic mass is 10.1. The molecule has 0 aliphatic heterocycles. The van der Waals surface area contributed by atoms with Crippen LogP contribution in [0.4, 0.5) is 0 Å². The second-order valence-corrected chi connectivity index (χ2v) is 3.51. The lowest BCUT2D eigenvalue weighted by Crippen LogP contribution is -2.01. The standard InChI is InChI=1S/C13H9NO3/c15-12-7-11-6-9(2-1-3-13(16)17)4-5-10(11)8-14-12/h4-8H,3H2,(H,14,15)(H,16,17). The van der Waals surface area contributed by atoms with E-state index in [-0.39, 0.29) is 12.0 Å². The zero-order valence-electron chi connectivity index (χ0n) is 8.86. The molecule has 2 N–H and O–H groups in total. The summed E-state index contributed by atoms with van der Waals surface area (Å²) in [6.07, 6.45) is 1.44. The fourth-order valence-electron chi connectivity index (χ4n) is 1.46. The summed E-state index contributed by atoms with van der Waals surface area (Å²) < 4.78 is 0. The Morgan fingerprint density at radius 3 is 2.88 bits per heavy atom. The van der Waals surface area contributed by atoms with Gasteiger partial charge in [-0.3, -0.25) is 9.59 Å². The molecule has 2 rings (SSSR count). The first-order valence-corrected chi connectivity index (χ1v) is 4.98. The van der Waals surface area contributed by atoms with Crippen LogP contribution in [0.25, 0.3) is 10.8 Å². The summed E-state index contributed by atoms with van der Waals surface area (Å²) in [5.41, 5.74) is 0.525. The number of hydrogen-bond acceptors (Lipinski definition) is 2. The normalized spacial score (nSPS) is 9.65. The Bertz CT molecular complexity index is 689. The van der Waals surface area contributed by atoms with Crippen molar-refractivity contribution in [3.05, 3.63) is 46.4 Å². The molecule has 1 heterocycles. The van der Waals surface area contributed by atoms with Gasteiger partial charge in [-0.05, 0) is 22.9 Å². The Balaban J connectivity index is 2.39. The second kappa shape index (κ2) is 4.54. The molecule has 0 radical (unpaired) electrons. The van der Waals surface area contributed by atoms with Crippen LogP contribution >= 0.6 is 0 Å². The van der Waals surface area contributed by atoms with Crippen molar-refractivity contribution in [3.8, 4) is 11.8 Å². The van der Waals surface area contributed by atoms with Gasteiger partial charge in [0.1, 0.15) is 6.42 Å². The highest BCUT2D eigenvalue weighted by molar-refractivity contribution is 5.82. The van der Waals surface area contributed by atoms with Crippen LogP contribution in [0.15, 0.2) is 35.3 Å². The van der Waals surface area contributed by atoms with Crippen LogP contribution in [0.5, 0.6) is 0 Å². The van der Waals surface area contributed by atoms with E-state index in [1.54, 1.807) is 18.3 Å². The van der Waals surface area contributed by atoms with Crippen LogP contribution in [0.2, 0.25) is 0 Å². The van der Waals surface area contributed by atoms with Gasteiger partial charge in [0.2, 0.25) is 5.56 Å². The van der Waals surface area contributed by atoms with Crippen LogP contribution < -0.4 is 5.56 Å². The second-order valence-electron chi connectivity index (χ2n) is 3.51. The summed E-state index contributed by atoms with van der Waals surface area (Å²) in [5.74, 6) is 4.34. The number of aromatic amines is 1. The lowest BCUT2D eigenvalue weighted by molar-refractivity contribution is -0.135. The van der Waals surface area contributed by atoms with Crippen molar-refractivity contribution in [1.29, 1.82) is 0 Å². The molecular formula is C13H9NO3. The molecule has 2 aromatic rings. The maximum atomic E-state index is 11.1. The maximum absolute atomic E-state index is 11.1. The van der Waals surface area contributed by atoms with Gasteiger partial charge in [-0.25, -0.2) is 0 Å². The number of hydrogen-bond donors (Lipinski definition) is 2. The van der Waals surface area contributed by atoms with Crippen molar-refractivity contribution >= 4 is 16.7 Å². The van der Waals surface area contributed by atoms with Gasteiger partial charge < -0.3 is 10.1 Å². The fourth-order valence-corrected chi connectivity index (χ4v) is 1.46. The van der Waals surface area contributed by atoms with Gasteiger partial charge in [-0.15, -0.1) is 0 Å². The van der Waals surface area contributed by atoms with Gasteiger partial charge in [0.05, 0.1) is 0 Å². The van der Waals surface area contributed by atoms with Crippen LogP contribution in [0, 0.1) is 11.8 Å². The summed E-state index contributed by atoms with van der Waals surface area (Å²) in [6.45, 7) is 0. The van der Waals surface area contributed by atoms with Crippen LogP contribution in [-0.2, 0) is 4.79 Å². The highest BCUT2D eigenvalue weighted by Gasteiger charge is 1.95. The number of rotatable bonds is 1. The number of carboxylic acids is 1. The molecule has 0 atom stereocenters. The molecular weight excluding hydrogens is 218 g/mol. The number of benzene rings is 1. The number of aromatic nitrogens is 1. The van der Waals surface area contributed by atoms with E-state index >= 15 is 0 Å². The Morgan fingerprint density at radius 1 is 1.29 bits per heavy atom. The molecule has 0 saturated heterocycles. The predicted octanol–water partition coefficient (Wildman–Crippen LogP) is 1.35. The first kappa shape index (κ1) is 11.0. The SMILES string of the molecule is O=C(O)CC#Cc1ccc2c[nH]c(=O)cc2c1. The largest absolute Gasteiger partial charge is 0.481 e. The van der Waals surface area contributed by atoms with Crippen LogP contribution in [0.3, 0.4) is 0 Å². The molecule has 1 aromatic heterocycles. The van der Waals surface area contributed by atoms with E-state index in [1.165, 1.54) is 6.07 Å². The number of nitrogens with one attached hydrogen (secondary N) is 1. The molecule has 0 amide bonds. The third kappa shape index (κ3) is 2.73. The van der Waals surface area contributed by atoms with E-state index in [4.69, 9.17) is 5.11 Å². The number of pyridine rings is 1. The minimum absolute atomic E-state index is 0.173. The van der Waals surface area contributed by atoms with Crippen molar-refractivity contribution in [2.45, 2.75) is 6.42 Å². The van der Waals surface area contributed by atoms with Gasteiger partial charge in [-0.1, -0.05) is 17.9 Å². The minimum Gasteiger partial charge on any atom is -0.481 e. The number of carbonyl (C=O) groups is 1. The molecule has 4 heteroatoms. The maximum Gasteiger partial charge on any atom is 0.315 e. The first-order valence-electron chi connectivity index (χ1n) is 4.98. The van der Waals surface area contributed by atoms with Crippen molar-refractivity contribution in [2.24, 2.45) is 0 Å². The van der Waals surface area contributed by atoms with Crippen molar-refractivity contribution in [1.82, 2.24) is 4.98 Å².